The summed E-state index contributed by atoms with van der Waals surface area (Å²) >= 11 is 0. The number of hydrogen-bond donors (Lipinski definition) is 1. The van der Waals surface area contributed by atoms with Crippen LogP contribution in [-0.4, -0.2) is 35.4 Å². The zero-order valence-corrected chi connectivity index (χ0v) is 9.01. The van der Waals surface area contributed by atoms with Gasteiger partial charge >= 0.3 is 0 Å². The summed E-state index contributed by atoms with van der Waals surface area (Å²) in [6.45, 7) is 5.52. The molecule has 5 heteroatoms. The molecule has 0 unspecified atom stereocenters. The van der Waals surface area contributed by atoms with Gasteiger partial charge in [0, 0.05) is 13.1 Å². The fraction of sp³-hybridized carbons (Fsp3) is 0.700. The zero-order chi connectivity index (χ0) is 10.8. The van der Waals surface area contributed by atoms with Crippen molar-refractivity contribution in [2.24, 2.45) is 0 Å². The second kappa shape index (κ2) is 4.20. The minimum absolute atomic E-state index is 0.0844. The first-order valence-electron chi connectivity index (χ1n) is 5.14. The summed E-state index contributed by atoms with van der Waals surface area (Å²) in [4.78, 5) is 6.21. The molecule has 0 radical (unpaired) electrons. The lowest BCUT2D eigenvalue weighted by molar-refractivity contribution is -0.00670. The Hall–Kier alpha value is -1.07. The molecule has 15 heavy (non-hydrogen) atoms. The van der Waals surface area contributed by atoms with Crippen molar-refractivity contribution < 1.29 is 14.3 Å². The van der Waals surface area contributed by atoms with Crippen molar-refractivity contribution in [2.75, 3.05) is 18.0 Å². The average Bonchev–Trinajstić information content (AvgIpc) is 2.64. The number of aliphatic hydroxyl groups excluding tert-OH is 1. The molecule has 0 aromatic carbocycles. The topological polar surface area (TPSA) is 58.7 Å². The number of nitrogens with zero attached hydrogens (tertiary/aromatic N) is 2. The van der Waals surface area contributed by atoms with E-state index in [1.807, 2.05) is 18.7 Å². The van der Waals surface area contributed by atoms with Crippen molar-refractivity contribution in [1.82, 2.24) is 4.98 Å². The lowest BCUT2D eigenvalue weighted by Crippen LogP contribution is -2.45. The van der Waals surface area contributed by atoms with Gasteiger partial charge in [0.05, 0.1) is 18.8 Å². The van der Waals surface area contributed by atoms with Crippen LogP contribution in [0.2, 0.25) is 0 Å². The quantitative estimate of drug-likeness (QED) is 0.785. The molecule has 1 fully saturated rings. The summed E-state index contributed by atoms with van der Waals surface area (Å²) in [7, 11) is 0. The summed E-state index contributed by atoms with van der Waals surface area (Å²) in [5.74, 6) is 0. The highest BCUT2D eigenvalue weighted by Gasteiger charge is 2.25. The van der Waals surface area contributed by atoms with Crippen molar-refractivity contribution in [3.05, 3.63) is 12.0 Å². The number of aromatic nitrogens is 1. The van der Waals surface area contributed by atoms with Crippen LogP contribution in [0.25, 0.3) is 0 Å². The summed E-state index contributed by atoms with van der Waals surface area (Å²) in [6, 6.07) is 0.570. The van der Waals surface area contributed by atoms with Crippen molar-refractivity contribution in [3.8, 4) is 0 Å². The number of anilines is 1. The Morgan fingerprint density at radius 1 is 1.47 bits per heavy atom. The van der Waals surface area contributed by atoms with Gasteiger partial charge in [-0.15, -0.1) is 0 Å². The molecule has 1 aliphatic rings. The lowest BCUT2D eigenvalue weighted by atomic mass is 10.2. The van der Waals surface area contributed by atoms with E-state index < -0.39 is 0 Å². The Bertz CT molecular complexity index is 316. The first-order chi connectivity index (χ1) is 7.19. The monoisotopic (exact) mass is 212 g/mol. The fourth-order valence-corrected chi connectivity index (χ4v) is 1.85. The van der Waals surface area contributed by atoms with Crippen LogP contribution < -0.4 is 4.90 Å². The largest absolute Gasteiger partial charge is 0.432 e. The van der Waals surface area contributed by atoms with Crippen molar-refractivity contribution in [3.63, 3.8) is 0 Å². The van der Waals surface area contributed by atoms with E-state index in [0.29, 0.717) is 11.7 Å². The van der Waals surface area contributed by atoms with Gasteiger partial charge in [-0.3, -0.25) is 0 Å². The van der Waals surface area contributed by atoms with Gasteiger partial charge in [-0.05, 0) is 13.8 Å². The predicted octanol–water partition coefficient (Wildman–Crippen LogP) is 0.780. The van der Waals surface area contributed by atoms with E-state index in [9.17, 15) is 0 Å². The first kappa shape index (κ1) is 10.4. The third-order valence-corrected chi connectivity index (χ3v) is 2.39. The van der Waals surface area contributed by atoms with Crippen LogP contribution in [0.4, 0.5) is 6.01 Å². The lowest BCUT2D eigenvalue weighted by Gasteiger charge is -2.34. The molecule has 0 saturated carbocycles. The van der Waals surface area contributed by atoms with Crippen LogP contribution in [0.1, 0.15) is 19.5 Å². The van der Waals surface area contributed by atoms with Crippen LogP contribution in [0.5, 0.6) is 0 Å². The van der Waals surface area contributed by atoms with E-state index >= 15 is 0 Å². The number of morpholine rings is 1. The molecular formula is C10H16N2O3. The van der Waals surface area contributed by atoms with E-state index in [4.69, 9.17) is 14.3 Å². The minimum atomic E-state index is -0.0844. The van der Waals surface area contributed by atoms with Gasteiger partial charge in [0.1, 0.15) is 12.0 Å². The molecule has 2 heterocycles. The van der Waals surface area contributed by atoms with Crippen LogP contribution in [0, 0.1) is 0 Å². The van der Waals surface area contributed by atoms with Crippen LogP contribution in [-0.2, 0) is 11.3 Å². The third kappa shape index (κ3) is 2.30. The molecule has 2 atom stereocenters. The smallest absolute Gasteiger partial charge is 0.297 e. The summed E-state index contributed by atoms with van der Waals surface area (Å²) in [5, 5.41) is 8.89. The number of aliphatic hydroxyl groups is 1. The maximum absolute atomic E-state index is 8.89. The molecule has 1 N–H and O–H groups in total. The molecule has 0 amide bonds. The Kier molecular flexibility index (Phi) is 2.93. The SMILES string of the molecule is C[C@@H]1CN(c2nc(CO)co2)C[C@H](C)O1. The molecule has 0 bridgehead atoms. The molecule has 1 saturated heterocycles. The van der Waals surface area contributed by atoms with E-state index in [-0.39, 0.29) is 18.8 Å². The molecule has 0 spiro atoms. The highest BCUT2D eigenvalue weighted by atomic mass is 16.5. The van der Waals surface area contributed by atoms with Crippen LogP contribution in [0.15, 0.2) is 10.7 Å². The summed E-state index contributed by atoms with van der Waals surface area (Å²) in [5.41, 5.74) is 0.566. The Balaban J connectivity index is 2.09. The maximum atomic E-state index is 8.89. The number of ether oxygens (including phenoxy) is 1. The van der Waals surface area contributed by atoms with E-state index in [1.165, 1.54) is 6.26 Å². The highest BCUT2D eigenvalue weighted by Crippen LogP contribution is 2.19. The Morgan fingerprint density at radius 2 is 2.13 bits per heavy atom. The normalized spacial score (nSPS) is 27.0. The Morgan fingerprint density at radius 3 is 2.67 bits per heavy atom. The number of oxazole rings is 1. The van der Waals surface area contributed by atoms with Crippen LogP contribution >= 0.6 is 0 Å². The zero-order valence-electron chi connectivity index (χ0n) is 9.01. The van der Waals surface area contributed by atoms with E-state index in [0.717, 1.165) is 13.1 Å². The van der Waals surface area contributed by atoms with Gasteiger partial charge in [-0.1, -0.05) is 0 Å². The molecule has 1 aromatic heterocycles. The van der Waals surface area contributed by atoms with E-state index in [1.54, 1.807) is 0 Å². The number of hydrogen-bond acceptors (Lipinski definition) is 5. The standard InChI is InChI=1S/C10H16N2O3/c1-7-3-12(4-8(2)15-7)10-11-9(5-13)6-14-10/h6-8,13H,3-5H2,1-2H3/t7-,8+. The van der Waals surface area contributed by atoms with Gasteiger partial charge < -0.3 is 19.2 Å². The molecule has 1 aromatic rings. The Labute approximate surface area is 88.7 Å². The second-order valence-electron chi connectivity index (χ2n) is 3.94. The fourth-order valence-electron chi connectivity index (χ4n) is 1.85. The number of rotatable bonds is 2. The summed E-state index contributed by atoms with van der Waals surface area (Å²) < 4.78 is 10.9. The average molecular weight is 212 g/mol. The van der Waals surface area contributed by atoms with Crippen LogP contribution in [0.3, 0.4) is 0 Å². The molecular weight excluding hydrogens is 196 g/mol. The van der Waals surface area contributed by atoms with Gasteiger partial charge in [-0.25, -0.2) is 0 Å². The highest BCUT2D eigenvalue weighted by molar-refractivity contribution is 5.28. The molecule has 5 nitrogen and oxygen atoms in total. The van der Waals surface area contributed by atoms with Crippen molar-refractivity contribution >= 4 is 6.01 Å². The van der Waals surface area contributed by atoms with Gasteiger partial charge in [0.2, 0.25) is 0 Å². The molecule has 2 rings (SSSR count). The first-order valence-corrected chi connectivity index (χ1v) is 5.14. The molecule has 0 aliphatic carbocycles. The van der Waals surface area contributed by atoms with Gasteiger partial charge in [0.25, 0.3) is 6.01 Å². The summed E-state index contributed by atoms with van der Waals surface area (Å²) in [6.07, 6.45) is 1.84. The van der Waals surface area contributed by atoms with Gasteiger partial charge in [0.15, 0.2) is 0 Å². The van der Waals surface area contributed by atoms with Gasteiger partial charge in [-0.2, -0.15) is 4.98 Å². The minimum Gasteiger partial charge on any atom is -0.432 e. The molecule has 84 valence electrons. The van der Waals surface area contributed by atoms with Crippen molar-refractivity contribution in [1.29, 1.82) is 0 Å². The van der Waals surface area contributed by atoms with Crippen molar-refractivity contribution in [2.45, 2.75) is 32.7 Å². The third-order valence-electron chi connectivity index (χ3n) is 2.39. The second-order valence-corrected chi connectivity index (χ2v) is 3.94. The predicted molar refractivity (Wildman–Crippen MR) is 54.6 cm³/mol. The maximum Gasteiger partial charge on any atom is 0.297 e. The molecule has 1 aliphatic heterocycles. The van der Waals surface area contributed by atoms with E-state index in [2.05, 4.69) is 4.98 Å².